The maximum absolute atomic E-state index is 6.03. The minimum absolute atomic E-state index is 0.819. The molecule has 2 nitrogen and oxygen atoms in total. The summed E-state index contributed by atoms with van der Waals surface area (Å²) in [7, 11) is 0. The lowest BCUT2D eigenvalue weighted by Crippen LogP contribution is -2.26. The fraction of sp³-hybridized carbons (Fsp3) is 0.571. The van der Waals surface area contributed by atoms with E-state index in [2.05, 4.69) is 30.9 Å². The molecule has 0 aliphatic heterocycles. The lowest BCUT2D eigenvalue weighted by molar-refractivity contribution is 0.256. The average molecular weight is 218 g/mol. The Labute approximate surface area is 98.4 Å². The van der Waals surface area contributed by atoms with Gasteiger partial charge in [-0.25, -0.2) is 0 Å². The smallest absolute Gasteiger partial charge is 0.0359 e. The van der Waals surface area contributed by atoms with Crippen LogP contribution < -0.4 is 5.73 Å². The van der Waals surface area contributed by atoms with Gasteiger partial charge in [-0.15, -0.1) is 0 Å². The van der Waals surface area contributed by atoms with E-state index < -0.39 is 0 Å². The lowest BCUT2D eigenvalue weighted by atomic mass is 10.1. The number of nitrogen functional groups attached to an aromatic ring is 1. The number of anilines is 1. The van der Waals surface area contributed by atoms with Crippen molar-refractivity contribution in [2.24, 2.45) is 0 Å². The molecule has 1 saturated carbocycles. The minimum atomic E-state index is 0.819. The van der Waals surface area contributed by atoms with Crippen LogP contribution in [0, 0.1) is 6.92 Å². The molecule has 1 aliphatic rings. The second kappa shape index (κ2) is 4.88. The quantitative estimate of drug-likeness (QED) is 0.770. The van der Waals surface area contributed by atoms with Crippen molar-refractivity contribution in [3.8, 4) is 0 Å². The second-order valence-electron chi connectivity index (χ2n) is 4.90. The molecule has 0 bridgehead atoms. The number of benzene rings is 1. The highest BCUT2D eigenvalue weighted by atomic mass is 15.2. The molecule has 2 rings (SSSR count). The highest BCUT2D eigenvalue weighted by Crippen LogP contribution is 2.29. The summed E-state index contributed by atoms with van der Waals surface area (Å²) in [5.74, 6) is 0. The Balaban J connectivity index is 2.08. The Hall–Kier alpha value is -1.02. The molecule has 1 aromatic rings. The van der Waals surface area contributed by atoms with Crippen LogP contribution in [0.3, 0.4) is 0 Å². The monoisotopic (exact) mass is 218 g/mol. The molecule has 16 heavy (non-hydrogen) atoms. The van der Waals surface area contributed by atoms with Crippen LogP contribution in [-0.2, 0) is 6.54 Å². The highest BCUT2D eigenvalue weighted by molar-refractivity contribution is 5.48. The largest absolute Gasteiger partial charge is 0.398 e. The van der Waals surface area contributed by atoms with Gasteiger partial charge in [0, 0.05) is 18.3 Å². The summed E-state index contributed by atoms with van der Waals surface area (Å²) in [6, 6.07) is 7.15. The number of nitrogens with two attached hydrogens (primary N) is 1. The van der Waals surface area contributed by atoms with Gasteiger partial charge in [0.1, 0.15) is 0 Å². The van der Waals surface area contributed by atoms with Gasteiger partial charge >= 0.3 is 0 Å². The van der Waals surface area contributed by atoms with E-state index in [1.54, 1.807) is 0 Å². The van der Waals surface area contributed by atoms with Crippen LogP contribution in [-0.4, -0.2) is 17.5 Å². The van der Waals surface area contributed by atoms with E-state index in [-0.39, 0.29) is 0 Å². The Morgan fingerprint density at radius 2 is 2.12 bits per heavy atom. The van der Waals surface area contributed by atoms with Crippen LogP contribution in [0.4, 0.5) is 5.69 Å². The van der Waals surface area contributed by atoms with Crippen molar-refractivity contribution >= 4 is 5.69 Å². The van der Waals surface area contributed by atoms with Gasteiger partial charge in [0.2, 0.25) is 0 Å². The van der Waals surface area contributed by atoms with Crippen LogP contribution in [0.5, 0.6) is 0 Å². The van der Waals surface area contributed by atoms with Gasteiger partial charge in [-0.2, -0.15) is 0 Å². The maximum atomic E-state index is 6.03. The van der Waals surface area contributed by atoms with Crippen molar-refractivity contribution in [3.63, 3.8) is 0 Å². The maximum Gasteiger partial charge on any atom is 0.0359 e. The molecular formula is C14H22N2. The van der Waals surface area contributed by atoms with Crippen molar-refractivity contribution < 1.29 is 0 Å². The number of aryl methyl sites for hydroxylation is 1. The van der Waals surface area contributed by atoms with E-state index in [0.717, 1.165) is 18.3 Å². The second-order valence-corrected chi connectivity index (χ2v) is 4.90. The van der Waals surface area contributed by atoms with Gasteiger partial charge < -0.3 is 5.73 Å². The zero-order valence-corrected chi connectivity index (χ0v) is 10.4. The SMILES string of the molecule is CCCN(Cc1cc(C)ccc1N)C1CC1. The highest BCUT2D eigenvalue weighted by Gasteiger charge is 2.28. The van der Waals surface area contributed by atoms with Crippen molar-refractivity contribution in [1.29, 1.82) is 0 Å². The summed E-state index contributed by atoms with van der Waals surface area (Å²) in [5.41, 5.74) is 9.56. The summed E-state index contributed by atoms with van der Waals surface area (Å²) in [5, 5.41) is 0. The molecular weight excluding hydrogens is 196 g/mol. The van der Waals surface area contributed by atoms with Gasteiger partial charge in [-0.3, -0.25) is 4.90 Å². The lowest BCUT2D eigenvalue weighted by Gasteiger charge is -2.22. The number of nitrogens with zero attached hydrogens (tertiary/aromatic N) is 1. The van der Waals surface area contributed by atoms with Gasteiger partial charge in [-0.1, -0.05) is 24.6 Å². The summed E-state index contributed by atoms with van der Waals surface area (Å²) in [6.07, 6.45) is 3.96. The van der Waals surface area contributed by atoms with E-state index in [4.69, 9.17) is 5.73 Å². The Morgan fingerprint density at radius 3 is 2.75 bits per heavy atom. The molecule has 2 heteroatoms. The molecule has 1 aromatic carbocycles. The molecule has 1 fully saturated rings. The first-order valence-corrected chi connectivity index (χ1v) is 6.29. The normalized spacial score (nSPS) is 15.7. The molecule has 0 unspecified atom stereocenters. The van der Waals surface area contributed by atoms with Crippen molar-refractivity contribution in [1.82, 2.24) is 4.90 Å². The van der Waals surface area contributed by atoms with Gasteiger partial charge in [-0.05, 0) is 44.4 Å². The van der Waals surface area contributed by atoms with Crippen LogP contribution in [0.2, 0.25) is 0 Å². The number of rotatable bonds is 5. The third-order valence-electron chi connectivity index (χ3n) is 3.25. The van der Waals surface area contributed by atoms with Gasteiger partial charge in [0.25, 0.3) is 0 Å². The molecule has 0 spiro atoms. The number of hydrogen-bond donors (Lipinski definition) is 1. The third kappa shape index (κ3) is 2.76. The Kier molecular flexibility index (Phi) is 3.49. The Bertz CT molecular complexity index is 356. The predicted molar refractivity (Wildman–Crippen MR) is 69.3 cm³/mol. The summed E-state index contributed by atoms with van der Waals surface area (Å²) >= 11 is 0. The van der Waals surface area contributed by atoms with Crippen molar-refractivity contribution in [2.75, 3.05) is 12.3 Å². The molecule has 0 amide bonds. The fourth-order valence-electron chi connectivity index (χ4n) is 2.21. The van der Waals surface area contributed by atoms with E-state index >= 15 is 0 Å². The first-order chi connectivity index (χ1) is 7.70. The first-order valence-electron chi connectivity index (χ1n) is 6.29. The Morgan fingerprint density at radius 1 is 1.38 bits per heavy atom. The average Bonchev–Trinajstić information content (AvgIpc) is 3.06. The number of hydrogen-bond acceptors (Lipinski definition) is 2. The molecule has 0 heterocycles. The molecule has 0 atom stereocenters. The van der Waals surface area contributed by atoms with Crippen molar-refractivity contribution in [3.05, 3.63) is 29.3 Å². The van der Waals surface area contributed by atoms with Crippen molar-refractivity contribution in [2.45, 2.75) is 45.7 Å². The molecule has 0 saturated heterocycles. The van der Waals surface area contributed by atoms with Crippen LogP contribution in [0.25, 0.3) is 0 Å². The summed E-state index contributed by atoms with van der Waals surface area (Å²) in [6.45, 7) is 6.59. The summed E-state index contributed by atoms with van der Waals surface area (Å²) < 4.78 is 0. The zero-order chi connectivity index (χ0) is 11.5. The third-order valence-corrected chi connectivity index (χ3v) is 3.25. The molecule has 2 N–H and O–H groups in total. The van der Waals surface area contributed by atoms with E-state index in [1.165, 1.54) is 36.9 Å². The topological polar surface area (TPSA) is 29.3 Å². The van der Waals surface area contributed by atoms with Crippen LogP contribution in [0.1, 0.15) is 37.3 Å². The predicted octanol–water partition coefficient (Wildman–Crippen LogP) is 2.95. The molecule has 1 aliphatic carbocycles. The van der Waals surface area contributed by atoms with E-state index in [1.807, 2.05) is 6.07 Å². The standard InChI is InChI=1S/C14H22N2/c1-3-8-16(13-5-6-13)10-12-9-11(2)4-7-14(12)15/h4,7,9,13H,3,5-6,8,10,15H2,1-2H3. The van der Waals surface area contributed by atoms with Gasteiger partial charge in [0.05, 0.1) is 0 Å². The van der Waals surface area contributed by atoms with E-state index in [9.17, 15) is 0 Å². The molecule has 88 valence electrons. The van der Waals surface area contributed by atoms with E-state index in [0.29, 0.717) is 0 Å². The molecule has 0 radical (unpaired) electrons. The fourth-order valence-corrected chi connectivity index (χ4v) is 2.21. The van der Waals surface area contributed by atoms with Crippen LogP contribution in [0.15, 0.2) is 18.2 Å². The molecule has 0 aromatic heterocycles. The van der Waals surface area contributed by atoms with Gasteiger partial charge in [0.15, 0.2) is 0 Å². The minimum Gasteiger partial charge on any atom is -0.398 e. The zero-order valence-electron chi connectivity index (χ0n) is 10.4. The first kappa shape index (κ1) is 11.5. The summed E-state index contributed by atoms with van der Waals surface area (Å²) in [4.78, 5) is 2.57. The van der Waals surface area contributed by atoms with Crippen LogP contribution >= 0.6 is 0 Å².